The number of aryl methyl sites for hydroxylation is 1. The van der Waals surface area contributed by atoms with Crippen molar-refractivity contribution in [3.63, 3.8) is 0 Å². The molecule has 9 heteroatoms. The first-order chi connectivity index (χ1) is 13.7. The largest absolute Gasteiger partial charge is 0.506 e. The van der Waals surface area contributed by atoms with Crippen LogP contribution in [0.5, 0.6) is 5.75 Å². The molecule has 0 radical (unpaired) electrons. The zero-order chi connectivity index (χ0) is 21.2. The lowest BCUT2D eigenvalue weighted by Crippen LogP contribution is -2.29. The Kier molecular flexibility index (Phi) is 5.97. The number of anilines is 1. The van der Waals surface area contributed by atoms with Crippen molar-refractivity contribution in [1.29, 1.82) is 0 Å². The minimum Gasteiger partial charge on any atom is -0.506 e. The third-order valence-electron chi connectivity index (χ3n) is 4.55. The molecule has 0 aliphatic carbocycles. The van der Waals surface area contributed by atoms with E-state index in [0.717, 1.165) is 33.5 Å². The van der Waals surface area contributed by atoms with E-state index >= 15 is 0 Å². The van der Waals surface area contributed by atoms with Gasteiger partial charge in [-0.05, 0) is 61.6 Å². The molecule has 2 aromatic carbocycles. The molecule has 156 valence electrons. The number of hydrogen-bond donors (Lipinski definition) is 2. The fourth-order valence-corrected chi connectivity index (χ4v) is 4.41. The molecule has 1 amide bonds. The highest BCUT2D eigenvalue weighted by Crippen LogP contribution is 2.35. The number of ether oxygens (including phenoxy) is 1. The molecule has 0 bridgehead atoms. The third kappa shape index (κ3) is 4.97. The van der Waals surface area contributed by atoms with E-state index in [1.54, 1.807) is 6.07 Å². The predicted octanol–water partition coefficient (Wildman–Crippen LogP) is 2.39. The maximum absolute atomic E-state index is 12.1. The van der Waals surface area contributed by atoms with Crippen molar-refractivity contribution in [1.82, 2.24) is 4.72 Å². The molecule has 1 fully saturated rings. The van der Waals surface area contributed by atoms with Crippen LogP contribution >= 0.6 is 0 Å². The van der Waals surface area contributed by atoms with Gasteiger partial charge >= 0.3 is 16.2 Å². The Morgan fingerprint density at radius 3 is 2.62 bits per heavy atom. The van der Waals surface area contributed by atoms with Crippen molar-refractivity contribution in [3.05, 3.63) is 35.9 Å². The first-order valence-electron chi connectivity index (χ1n) is 9.44. The zero-order valence-electron chi connectivity index (χ0n) is 16.3. The zero-order valence-corrected chi connectivity index (χ0v) is 17.2. The normalized spacial score (nSPS) is 15.7. The summed E-state index contributed by atoms with van der Waals surface area (Å²) < 4.78 is 32.0. The second-order valence-corrected chi connectivity index (χ2v) is 8.90. The van der Waals surface area contributed by atoms with Crippen molar-refractivity contribution in [2.75, 3.05) is 10.8 Å². The summed E-state index contributed by atoms with van der Waals surface area (Å²) >= 11 is 0. The molecule has 1 aliphatic heterocycles. The maximum atomic E-state index is 12.1. The van der Waals surface area contributed by atoms with E-state index in [4.69, 9.17) is 4.74 Å². The number of amides is 1. The Morgan fingerprint density at radius 2 is 1.97 bits per heavy atom. The Labute approximate surface area is 169 Å². The molecule has 1 heterocycles. The van der Waals surface area contributed by atoms with Crippen LogP contribution in [0.2, 0.25) is 0 Å². The molecule has 0 unspecified atom stereocenters. The third-order valence-corrected chi connectivity index (χ3v) is 5.94. The Bertz CT molecular complexity index is 1050. The summed E-state index contributed by atoms with van der Waals surface area (Å²) in [7, 11) is -4.00. The molecule has 0 aromatic heterocycles. The van der Waals surface area contributed by atoms with Crippen LogP contribution in [0, 0.1) is 0 Å². The van der Waals surface area contributed by atoms with Crippen LogP contribution in [0.1, 0.15) is 38.7 Å². The summed E-state index contributed by atoms with van der Waals surface area (Å²) in [5.74, 6) is -1.06. The van der Waals surface area contributed by atoms with E-state index in [1.807, 2.05) is 36.8 Å². The van der Waals surface area contributed by atoms with E-state index in [2.05, 4.69) is 0 Å². The van der Waals surface area contributed by atoms with Gasteiger partial charge in [0.1, 0.15) is 12.3 Å². The summed E-state index contributed by atoms with van der Waals surface area (Å²) in [6.45, 7) is 3.27. The Morgan fingerprint density at radius 1 is 1.21 bits per heavy atom. The van der Waals surface area contributed by atoms with Gasteiger partial charge in [-0.15, -0.1) is 0 Å². The number of nitrogens with zero attached hydrogens (tertiary/aromatic N) is 1. The van der Waals surface area contributed by atoms with E-state index in [-0.39, 0.29) is 30.1 Å². The Hall–Kier alpha value is -2.81. The van der Waals surface area contributed by atoms with E-state index in [9.17, 15) is 23.1 Å². The van der Waals surface area contributed by atoms with Crippen molar-refractivity contribution in [2.24, 2.45) is 0 Å². The summed E-state index contributed by atoms with van der Waals surface area (Å²) in [5.41, 5.74) is 1.09. The van der Waals surface area contributed by atoms with E-state index in [1.165, 1.54) is 6.07 Å². The predicted molar refractivity (Wildman–Crippen MR) is 109 cm³/mol. The second-order valence-electron chi connectivity index (χ2n) is 7.31. The highest BCUT2D eigenvalue weighted by atomic mass is 32.2. The van der Waals surface area contributed by atoms with Crippen molar-refractivity contribution in [3.8, 4) is 5.75 Å². The van der Waals surface area contributed by atoms with Crippen molar-refractivity contribution in [2.45, 2.75) is 45.6 Å². The van der Waals surface area contributed by atoms with Gasteiger partial charge in [0.15, 0.2) is 0 Å². The van der Waals surface area contributed by atoms with E-state index in [0.29, 0.717) is 12.8 Å². The number of hydrogen-bond acceptors (Lipinski definition) is 6. The lowest BCUT2D eigenvalue weighted by atomic mass is 10.0. The molecule has 3 rings (SSSR count). The molecule has 0 atom stereocenters. The number of nitrogens with one attached hydrogen (secondary N) is 1. The van der Waals surface area contributed by atoms with Gasteiger partial charge in [-0.2, -0.15) is 8.42 Å². The lowest BCUT2D eigenvalue weighted by Gasteiger charge is -2.17. The summed E-state index contributed by atoms with van der Waals surface area (Å²) in [4.78, 5) is 23.1. The van der Waals surface area contributed by atoms with Gasteiger partial charge in [0.25, 0.3) is 5.91 Å². The van der Waals surface area contributed by atoms with Crippen LogP contribution in [0.3, 0.4) is 0 Å². The number of unbranched alkanes of at least 4 members (excludes halogenated alkanes) is 1. The number of benzene rings is 2. The maximum Gasteiger partial charge on any atom is 0.326 e. The van der Waals surface area contributed by atoms with Crippen LogP contribution < -0.4 is 9.03 Å². The number of carbonyl (C=O) groups excluding carboxylic acids is 2. The fourth-order valence-electron chi connectivity index (χ4n) is 3.26. The van der Waals surface area contributed by atoms with E-state index < -0.39 is 16.1 Å². The first kappa shape index (κ1) is 20.9. The highest BCUT2D eigenvalue weighted by Gasteiger charge is 2.35. The second kappa shape index (κ2) is 8.28. The molecule has 1 aliphatic rings. The number of phenols is 1. The van der Waals surface area contributed by atoms with Crippen LogP contribution in [0.25, 0.3) is 10.8 Å². The van der Waals surface area contributed by atoms with Crippen molar-refractivity contribution < 1.29 is 27.9 Å². The van der Waals surface area contributed by atoms with Crippen LogP contribution in [-0.2, 0) is 31.0 Å². The van der Waals surface area contributed by atoms with Crippen LogP contribution in [0.4, 0.5) is 5.69 Å². The van der Waals surface area contributed by atoms with Gasteiger partial charge in [0.05, 0.1) is 11.8 Å². The average Bonchev–Trinajstić information content (AvgIpc) is 2.89. The first-order valence-corrected chi connectivity index (χ1v) is 10.9. The van der Waals surface area contributed by atoms with Gasteiger partial charge in [-0.25, -0.2) is 9.03 Å². The van der Waals surface area contributed by atoms with Gasteiger partial charge in [0, 0.05) is 6.42 Å². The molecular weight excluding hydrogens is 396 g/mol. The lowest BCUT2D eigenvalue weighted by molar-refractivity contribution is -0.147. The topological polar surface area (TPSA) is 113 Å². The molecule has 29 heavy (non-hydrogen) atoms. The smallest absolute Gasteiger partial charge is 0.326 e. The SMILES string of the molecule is CC(C)OC(=O)CCCCc1ccc2cc(O)c(N3CC(=O)NS3(=O)=O)cc2c1. The van der Waals surface area contributed by atoms with Gasteiger partial charge in [-0.1, -0.05) is 18.2 Å². The van der Waals surface area contributed by atoms with Gasteiger partial charge < -0.3 is 9.84 Å². The molecule has 0 spiro atoms. The minimum atomic E-state index is -4.00. The fraction of sp³-hybridized carbons (Fsp3) is 0.400. The minimum absolute atomic E-state index is 0.0597. The molecule has 8 nitrogen and oxygen atoms in total. The molecule has 1 saturated heterocycles. The number of rotatable bonds is 7. The quantitative estimate of drug-likeness (QED) is 0.525. The van der Waals surface area contributed by atoms with Crippen molar-refractivity contribution >= 4 is 38.5 Å². The standard InChI is InChI=1S/C20H24N2O6S/c1-13(2)28-20(25)6-4-3-5-14-7-8-15-11-18(23)17(10-16(15)9-14)22-12-19(24)21-29(22,26)27/h7-11,13,23H,3-6,12H2,1-2H3,(H,21,24). The summed E-state index contributed by atoms with van der Waals surface area (Å²) in [6.07, 6.45) is 2.53. The van der Waals surface area contributed by atoms with Gasteiger partial charge in [-0.3, -0.25) is 9.59 Å². The molecule has 0 saturated carbocycles. The van der Waals surface area contributed by atoms with Gasteiger partial charge in [0.2, 0.25) is 0 Å². The van der Waals surface area contributed by atoms with Crippen LogP contribution in [0.15, 0.2) is 30.3 Å². The summed E-state index contributed by atoms with van der Waals surface area (Å²) in [6, 6.07) is 8.75. The van der Waals surface area contributed by atoms with Crippen LogP contribution in [-0.4, -0.2) is 38.0 Å². The number of fused-ring (bicyclic) bond motifs is 1. The molecule has 2 N–H and O–H groups in total. The summed E-state index contributed by atoms with van der Waals surface area (Å²) in [5, 5.41) is 11.8. The molecular formula is C20H24N2O6S. The number of esters is 1. The number of aromatic hydroxyl groups is 1. The molecule has 2 aromatic rings. The number of phenolic OH excluding ortho intramolecular Hbond substituents is 1. The highest BCUT2D eigenvalue weighted by molar-refractivity contribution is 7.92. The Balaban J connectivity index is 1.73. The number of carbonyl (C=O) groups is 2. The average molecular weight is 420 g/mol. The monoisotopic (exact) mass is 420 g/mol.